The van der Waals surface area contributed by atoms with Gasteiger partial charge in [-0.15, -0.1) is 0 Å². The van der Waals surface area contributed by atoms with Gasteiger partial charge in [0, 0.05) is 23.8 Å². The summed E-state index contributed by atoms with van der Waals surface area (Å²) in [4.78, 5) is 12.2. The van der Waals surface area contributed by atoms with Gasteiger partial charge in [0.1, 0.15) is 5.75 Å². The van der Waals surface area contributed by atoms with Crippen molar-refractivity contribution in [2.45, 2.75) is 51.0 Å². The molecule has 26 heavy (non-hydrogen) atoms. The van der Waals surface area contributed by atoms with Crippen LogP contribution in [0.5, 0.6) is 5.75 Å². The van der Waals surface area contributed by atoms with Crippen LogP contribution in [-0.2, 0) is 11.2 Å². The van der Waals surface area contributed by atoms with Gasteiger partial charge >= 0.3 is 0 Å². The lowest BCUT2D eigenvalue weighted by Gasteiger charge is -2.23. The molecular formula is C22H28N2O2. The number of ether oxygens (including phenoxy) is 1. The SMILES string of the molecule is COc1cccc(CCC(=O)Nc2ccc(NC3CCCCC3)cc2)c1. The predicted octanol–water partition coefficient (Wildman–Crippen LogP) is 5.01. The van der Waals surface area contributed by atoms with Crippen LogP contribution in [0.3, 0.4) is 0 Å². The fourth-order valence-electron chi connectivity index (χ4n) is 3.44. The summed E-state index contributed by atoms with van der Waals surface area (Å²) in [7, 11) is 1.65. The molecule has 0 aromatic heterocycles. The minimum atomic E-state index is 0.0285. The van der Waals surface area contributed by atoms with Gasteiger partial charge in [-0.3, -0.25) is 4.79 Å². The van der Waals surface area contributed by atoms with Gasteiger partial charge in [-0.05, 0) is 61.2 Å². The Balaban J connectivity index is 1.46. The number of anilines is 2. The van der Waals surface area contributed by atoms with Crippen LogP contribution in [0.1, 0.15) is 44.1 Å². The molecule has 1 aliphatic carbocycles. The Morgan fingerprint density at radius 3 is 2.50 bits per heavy atom. The molecule has 2 aromatic carbocycles. The third-order valence-electron chi connectivity index (χ3n) is 4.92. The first-order chi connectivity index (χ1) is 12.7. The maximum Gasteiger partial charge on any atom is 0.224 e. The molecule has 3 rings (SSSR count). The molecule has 138 valence electrons. The van der Waals surface area contributed by atoms with Gasteiger partial charge in [0.15, 0.2) is 0 Å². The second-order valence-electron chi connectivity index (χ2n) is 6.96. The number of aryl methyl sites for hydroxylation is 1. The van der Waals surface area contributed by atoms with Gasteiger partial charge in [-0.25, -0.2) is 0 Å². The van der Waals surface area contributed by atoms with E-state index in [-0.39, 0.29) is 5.91 Å². The number of methoxy groups -OCH3 is 1. The Hall–Kier alpha value is -2.49. The van der Waals surface area contributed by atoms with E-state index in [4.69, 9.17) is 4.74 Å². The van der Waals surface area contributed by atoms with Crippen LogP contribution in [0.15, 0.2) is 48.5 Å². The van der Waals surface area contributed by atoms with Crippen molar-refractivity contribution in [3.8, 4) is 5.75 Å². The van der Waals surface area contributed by atoms with E-state index in [0.29, 0.717) is 18.9 Å². The number of hydrogen-bond acceptors (Lipinski definition) is 3. The maximum absolute atomic E-state index is 12.2. The first kappa shape index (κ1) is 18.3. The first-order valence-electron chi connectivity index (χ1n) is 9.52. The molecule has 4 heteroatoms. The van der Waals surface area contributed by atoms with Gasteiger partial charge < -0.3 is 15.4 Å². The highest BCUT2D eigenvalue weighted by atomic mass is 16.5. The number of nitrogens with one attached hydrogen (secondary N) is 2. The molecule has 2 N–H and O–H groups in total. The number of carbonyl (C=O) groups is 1. The summed E-state index contributed by atoms with van der Waals surface area (Å²) in [5.41, 5.74) is 3.08. The topological polar surface area (TPSA) is 50.4 Å². The average Bonchev–Trinajstić information content (AvgIpc) is 2.69. The van der Waals surface area contributed by atoms with Crippen molar-refractivity contribution in [2.24, 2.45) is 0 Å². The highest BCUT2D eigenvalue weighted by Gasteiger charge is 2.12. The largest absolute Gasteiger partial charge is 0.497 e. The summed E-state index contributed by atoms with van der Waals surface area (Å²) >= 11 is 0. The number of rotatable bonds is 7. The van der Waals surface area contributed by atoms with Crippen LogP contribution >= 0.6 is 0 Å². The zero-order valence-corrected chi connectivity index (χ0v) is 15.5. The van der Waals surface area contributed by atoms with E-state index in [0.717, 1.165) is 22.7 Å². The van der Waals surface area contributed by atoms with Gasteiger partial charge in [0.25, 0.3) is 0 Å². The standard InChI is InChI=1S/C22H28N2O2/c1-26-21-9-5-6-17(16-21)10-15-22(25)24-20-13-11-19(12-14-20)23-18-7-3-2-4-8-18/h5-6,9,11-14,16,18,23H,2-4,7-8,10,15H2,1H3,(H,24,25). The van der Waals surface area contributed by atoms with E-state index in [2.05, 4.69) is 10.6 Å². The van der Waals surface area contributed by atoms with Gasteiger partial charge in [0.05, 0.1) is 7.11 Å². The Kier molecular flexibility index (Phi) is 6.53. The third kappa shape index (κ3) is 5.51. The van der Waals surface area contributed by atoms with Crippen LogP contribution in [0, 0.1) is 0 Å². The van der Waals surface area contributed by atoms with Crippen LogP contribution in [0.25, 0.3) is 0 Å². The van der Waals surface area contributed by atoms with Crippen molar-refractivity contribution in [3.63, 3.8) is 0 Å². The van der Waals surface area contributed by atoms with Crippen LogP contribution in [0.4, 0.5) is 11.4 Å². The molecule has 0 bridgehead atoms. The molecule has 1 aliphatic rings. The van der Waals surface area contributed by atoms with E-state index in [1.165, 1.54) is 32.1 Å². The summed E-state index contributed by atoms with van der Waals surface area (Å²) in [6, 6.07) is 16.5. The normalized spacial score (nSPS) is 14.7. The zero-order chi connectivity index (χ0) is 18.2. The molecular weight excluding hydrogens is 324 g/mol. The Morgan fingerprint density at radius 1 is 1.04 bits per heavy atom. The summed E-state index contributed by atoms with van der Waals surface area (Å²) in [6.07, 6.45) is 7.65. The minimum absolute atomic E-state index is 0.0285. The lowest BCUT2D eigenvalue weighted by atomic mass is 9.95. The molecule has 1 saturated carbocycles. The molecule has 1 amide bonds. The fourth-order valence-corrected chi connectivity index (χ4v) is 3.44. The van der Waals surface area contributed by atoms with Crippen molar-refractivity contribution < 1.29 is 9.53 Å². The lowest BCUT2D eigenvalue weighted by molar-refractivity contribution is -0.116. The molecule has 0 unspecified atom stereocenters. The summed E-state index contributed by atoms with van der Waals surface area (Å²) in [6.45, 7) is 0. The van der Waals surface area contributed by atoms with Gasteiger partial charge in [0.2, 0.25) is 5.91 Å². The molecule has 2 aromatic rings. The van der Waals surface area contributed by atoms with Crippen LogP contribution < -0.4 is 15.4 Å². The number of hydrogen-bond donors (Lipinski definition) is 2. The summed E-state index contributed by atoms with van der Waals surface area (Å²) in [5, 5.41) is 6.57. The summed E-state index contributed by atoms with van der Waals surface area (Å²) in [5.74, 6) is 0.852. The lowest BCUT2D eigenvalue weighted by Crippen LogP contribution is -2.22. The highest BCUT2D eigenvalue weighted by molar-refractivity contribution is 5.91. The first-order valence-corrected chi connectivity index (χ1v) is 9.52. The maximum atomic E-state index is 12.2. The van der Waals surface area contributed by atoms with Crippen molar-refractivity contribution in [1.82, 2.24) is 0 Å². The molecule has 0 aliphatic heterocycles. The van der Waals surface area contributed by atoms with E-state index in [1.54, 1.807) is 7.11 Å². The number of amides is 1. The average molecular weight is 352 g/mol. The van der Waals surface area contributed by atoms with Gasteiger partial charge in [-0.2, -0.15) is 0 Å². The quantitative estimate of drug-likeness (QED) is 0.736. The highest BCUT2D eigenvalue weighted by Crippen LogP contribution is 2.22. The second-order valence-corrected chi connectivity index (χ2v) is 6.96. The predicted molar refractivity (Wildman–Crippen MR) is 107 cm³/mol. The number of benzene rings is 2. The molecule has 0 atom stereocenters. The smallest absolute Gasteiger partial charge is 0.224 e. The molecule has 0 heterocycles. The molecule has 0 saturated heterocycles. The zero-order valence-electron chi connectivity index (χ0n) is 15.5. The Bertz CT molecular complexity index is 706. The van der Waals surface area contributed by atoms with Gasteiger partial charge in [-0.1, -0.05) is 31.4 Å². The van der Waals surface area contributed by atoms with E-state index in [1.807, 2.05) is 48.5 Å². The second kappa shape index (κ2) is 9.27. The Morgan fingerprint density at radius 2 is 1.77 bits per heavy atom. The third-order valence-corrected chi connectivity index (χ3v) is 4.92. The van der Waals surface area contributed by atoms with E-state index >= 15 is 0 Å². The molecule has 4 nitrogen and oxygen atoms in total. The van der Waals surface area contributed by atoms with Crippen molar-refractivity contribution in [3.05, 3.63) is 54.1 Å². The molecule has 0 radical (unpaired) electrons. The fraction of sp³-hybridized carbons (Fsp3) is 0.409. The van der Waals surface area contributed by atoms with Crippen molar-refractivity contribution in [2.75, 3.05) is 17.7 Å². The van der Waals surface area contributed by atoms with Crippen LogP contribution in [0.2, 0.25) is 0 Å². The van der Waals surface area contributed by atoms with Crippen molar-refractivity contribution >= 4 is 17.3 Å². The molecule has 0 spiro atoms. The summed E-state index contributed by atoms with van der Waals surface area (Å²) < 4.78 is 5.22. The minimum Gasteiger partial charge on any atom is -0.497 e. The number of carbonyl (C=O) groups excluding carboxylic acids is 1. The monoisotopic (exact) mass is 352 g/mol. The Labute approximate surface area is 156 Å². The van der Waals surface area contributed by atoms with E-state index < -0.39 is 0 Å². The molecule has 1 fully saturated rings. The van der Waals surface area contributed by atoms with Crippen LogP contribution in [-0.4, -0.2) is 19.1 Å². The van der Waals surface area contributed by atoms with E-state index in [9.17, 15) is 4.79 Å². The van der Waals surface area contributed by atoms with Crippen molar-refractivity contribution in [1.29, 1.82) is 0 Å².